The van der Waals surface area contributed by atoms with Gasteiger partial charge in [-0.15, -0.1) is 12.4 Å². The minimum atomic E-state index is -3.96. The van der Waals surface area contributed by atoms with Gasteiger partial charge >= 0.3 is 27.6 Å². The SMILES string of the molecule is C.C.CCCCC[C@@H](CC[C@@H]1[C@H]2Cc3cccc(OCC(=O)OCc4ccccc4)c3C[C@H]2C[C@H]1O)OP(=O)(OCc1ccccc1)OCc1ccccc1.CCCCC[C@@H](CC[C@@H]1[C@H]2Cc3cccc(OCC(=O)OCc4ccccc4)c3C[C@H]2C[C@H]1O[Si](CC)(CC)CC)OP(=O)(OCc1ccccc1)OCc1ccccc1.Cl. The van der Waals surface area contributed by atoms with Crippen molar-refractivity contribution in [2.24, 2.45) is 35.5 Å². The molecule has 1 N–H and O–H groups in total. The molecular weight excluding hydrogens is 1530 g/mol. The van der Waals surface area contributed by atoms with Crippen LogP contribution in [0.4, 0.5) is 0 Å². The van der Waals surface area contributed by atoms with Crippen LogP contribution in [-0.4, -0.2) is 63.0 Å². The van der Waals surface area contributed by atoms with Crippen molar-refractivity contribution in [1.29, 1.82) is 0 Å². The molecule has 8 aromatic carbocycles. The van der Waals surface area contributed by atoms with E-state index in [2.05, 4.69) is 46.8 Å². The highest BCUT2D eigenvalue weighted by atomic mass is 35.5. The van der Waals surface area contributed by atoms with Crippen molar-refractivity contribution in [1.82, 2.24) is 0 Å². The molecule has 0 radical (unpaired) electrons. The molecule has 0 aliphatic heterocycles. The van der Waals surface area contributed by atoms with Crippen LogP contribution in [0.15, 0.2) is 218 Å². The minimum Gasteiger partial charge on any atom is -0.482 e. The first-order valence-electron chi connectivity index (χ1n) is 41.7. The number of unbranched alkanes of at least 4 members (excludes halogenated alkanes) is 4. The molecule has 2 saturated carbocycles. The molecule has 20 heteroatoms. The highest BCUT2D eigenvalue weighted by Crippen LogP contribution is 2.57. The number of ether oxygens (including phenoxy) is 4. The van der Waals surface area contributed by atoms with Crippen LogP contribution in [0.3, 0.4) is 0 Å². The van der Waals surface area contributed by atoms with Gasteiger partial charge in [0.05, 0.1) is 44.7 Å². The van der Waals surface area contributed by atoms with Gasteiger partial charge in [-0.25, -0.2) is 18.7 Å². The molecule has 10 atom stereocenters. The predicted molar refractivity (Wildman–Crippen MR) is 467 cm³/mol. The first-order valence-corrected chi connectivity index (χ1v) is 47.1. The highest BCUT2D eigenvalue weighted by molar-refractivity contribution is 7.48. The average Bonchev–Trinajstić information content (AvgIpc) is 1.59. The van der Waals surface area contributed by atoms with Crippen LogP contribution in [0, 0.1) is 35.5 Å². The normalized spacial score (nSPS) is 19.1. The van der Waals surface area contributed by atoms with E-state index >= 15 is 0 Å². The van der Waals surface area contributed by atoms with Gasteiger partial charge in [0.2, 0.25) is 0 Å². The van der Waals surface area contributed by atoms with E-state index in [1.807, 2.05) is 206 Å². The van der Waals surface area contributed by atoms with Crippen molar-refractivity contribution in [2.45, 2.75) is 247 Å². The summed E-state index contributed by atoms with van der Waals surface area (Å²) in [4.78, 5) is 25.2. The second kappa shape index (κ2) is 48.9. The Balaban J connectivity index is 0.000000284. The topological polar surface area (TPSA) is 190 Å². The molecule has 12 rings (SSSR count). The van der Waals surface area contributed by atoms with Crippen LogP contribution < -0.4 is 9.47 Å². The molecule has 4 aliphatic carbocycles. The lowest BCUT2D eigenvalue weighted by Gasteiger charge is -2.36. The Morgan fingerprint density at radius 2 is 0.750 bits per heavy atom. The maximum absolute atomic E-state index is 14.6. The van der Waals surface area contributed by atoms with Crippen molar-refractivity contribution < 1.29 is 74.3 Å². The summed E-state index contributed by atoms with van der Waals surface area (Å²) < 4.78 is 96.8. The van der Waals surface area contributed by atoms with E-state index in [9.17, 15) is 23.8 Å². The number of hydrogen-bond acceptors (Lipinski definition) is 16. The van der Waals surface area contributed by atoms with Crippen LogP contribution in [0.25, 0.3) is 0 Å². The third-order valence-electron chi connectivity index (χ3n) is 23.6. The average molecular weight is 1660 g/mol. The van der Waals surface area contributed by atoms with Gasteiger partial charge in [-0.05, 0) is 198 Å². The molecule has 4 aliphatic rings. The smallest absolute Gasteiger partial charge is 0.475 e. The standard InChI is InChI=1S/C50H67O8PSi.C44H53O8P.2CH4.ClH/c1-5-9-13-28-44(57-59(52,55-36-40-23-16-11-17-24-40)56-37-41-25-18-12-19-26-41)30-31-45-46-32-42-27-20-29-48(53-38-50(51)54-35-39-21-14-10-15-22-39)47(42)33-43(46)34-49(45)58-60(6-2,7-3)8-4;1-2-3-7-22-38(52-53(47,50-30-34-17-10-5-11-18-34)51-31-35-19-12-6-13-20-35)24-25-39-40-26-36-21-14-23-43(41(36)27-37(40)28-42(39)45)48-32-44(46)49-29-33-15-8-4-9-16-33;;;/h10-12,14-27,29,43-46,49H,5-9,13,28,30-38H2,1-4H3;4-6,8-21,23,37-40,42,45H,2-3,7,22,24-32H2,1H3;2*1H4;1H/t43-,44-,45+,46-,49+;37-,38-,39+,40-,42+;;;/m00.../s1. The molecule has 116 heavy (non-hydrogen) atoms. The molecule has 2 fully saturated rings. The molecule has 0 bridgehead atoms. The fourth-order valence-corrected chi connectivity index (χ4v) is 22.8. The Hall–Kier alpha value is -7.05. The lowest BCUT2D eigenvalue weighted by Crippen LogP contribution is -2.42. The lowest BCUT2D eigenvalue weighted by molar-refractivity contribution is -0.148. The number of fused-ring (bicyclic) bond motifs is 4. The molecule has 0 saturated heterocycles. The van der Waals surface area contributed by atoms with Gasteiger partial charge in [0.1, 0.15) is 24.7 Å². The van der Waals surface area contributed by atoms with Crippen LogP contribution in [0.2, 0.25) is 18.1 Å². The monoisotopic (exact) mass is 1660 g/mol. The van der Waals surface area contributed by atoms with Crippen molar-refractivity contribution in [2.75, 3.05) is 13.2 Å². The number of benzene rings is 8. The van der Waals surface area contributed by atoms with Gasteiger partial charge in [0.15, 0.2) is 21.5 Å². The molecule has 16 nitrogen and oxygen atoms in total. The summed E-state index contributed by atoms with van der Waals surface area (Å²) >= 11 is 0. The number of carbonyl (C=O) groups is 2. The van der Waals surface area contributed by atoms with Crippen molar-refractivity contribution in [3.63, 3.8) is 0 Å². The van der Waals surface area contributed by atoms with E-state index in [0.29, 0.717) is 48.2 Å². The zero-order valence-electron chi connectivity index (χ0n) is 67.4. The van der Waals surface area contributed by atoms with Gasteiger partial charge in [0.25, 0.3) is 0 Å². The maximum Gasteiger partial charge on any atom is 0.475 e. The van der Waals surface area contributed by atoms with E-state index < -0.39 is 36.0 Å². The summed E-state index contributed by atoms with van der Waals surface area (Å²) in [5.41, 5.74) is 10.3. The number of hydrogen-bond donors (Lipinski definition) is 1. The molecule has 0 spiro atoms. The Bertz CT molecular complexity index is 4120. The summed E-state index contributed by atoms with van der Waals surface area (Å²) in [6.07, 6.45) is 14.9. The summed E-state index contributed by atoms with van der Waals surface area (Å²) in [5.74, 6) is 2.55. The van der Waals surface area contributed by atoms with Crippen LogP contribution >= 0.6 is 28.1 Å². The molecule has 0 heterocycles. The third-order valence-corrected chi connectivity index (χ3v) is 31.1. The Labute approximate surface area is 699 Å². The first-order chi connectivity index (χ1) is 55.1. The number of rotatable bonds is 45. The second-order valence-electron chi connectivity index (χ2n) is 31.1. The Kier molecular flexibility index (Phi) is 39.8. The molecule has 0 amide bonds. The fourth-order valence-electron chi connectivity index (χ4n) is 17.1. The van der Waals surface area contributed by atoms with Gasteiger partial charge in [-0.2, -0.15) is 0 Å². The van der Waals surface area contributed by atoms with Crippen LogP contribution in [0.5, 0.6) is 11.5 Å². The number of esters is 2. The molecular formula is C96H129ClO16P2Si. The van der Waals surface area contributed by atoms with E-state index in [0.717, 1.165) is 166 Å². The summed E-state index contributed by atoms with van der Waals surface area (Å²) in [6, 6.07) is 73.7. The van der Waals surface area contributed by atoms with E-state index in [1.165, 1.54) is 16.7 Å². The number of aliphatic hydroxyl groups is 1. The van der Waals surface area contributed by atoms with Crippen LogP contribution in [-0.2, 0) is 125 Å². The number of carbonyl (C=O) groups excluding carboxylic acids is 2. The number of phosphoric ester groups is 2. The van der Waals surface area contributed by atoms with E-state index in [4.69, 9.17) is 50.5 Å². The Morgan fingerprint density at radius 3 is 1.10 bits per heavy atom. The van der Waals surface area contributed by atoms with Gasteiger partial charge < -0.3 is 28.5 Å². The Morgan fingerprint density at radius 1 is 0.414 bits per heavy atom. The van der Waals surface area contributed by atoms with Crippen LogP contribution in [0.1, 0.15) is 195 Å². The first kappa shape index (κ1) is 94.4. The molecule has 630 valence electrons. The van der Waals surface area contributed by atoms with Crippen molar-refractivity contribution in [3.05, 3.63) is 274 Å². The van der Waals surface area contributed by atoms with E-state index in [1.54, 1.807) is 0 Å². The summed E-state index contributed by atoms with van der Waals surface area (Å²) in [7, 11) is -9.85. The second-order valence-corrected chi connectivity index (χ2v) is 39.1. The van der Waals surface area contributed by atoms with Gasteiger partial charge in [-0.1, -0.05) is 294 Å². The number of aliphatic hydroxyl groups excluding tert-OH is 1. The third kappa shape index (κ3) is 28.6. The highest BCUT2D eigenvalue weighted by Gasteiger charge is 2.50. The zero-order chi connectivity index (χ0) is 79.1. The quantitative estimate of drug-likeness (QED) is 0.0164. The maximum atomic E-state index is 14.6. The van der Waals surface area contributed by atoms with Crippen molar-refractivity contribution in [3.8, 4) is 11.5 Å². The number of phosphoric acid groups is 2. The van der Waals surface area contributed by atoms with E-state index in [-0.39, 0.29) is 110 Å². The fraction of sp³-hybridized carbons (Fsp3) is 0.479. The largest absolute Gasteiger partial charge is 0.482 e. The lowest BCUT2D eigenvalue weighted by atomic mass is 9.73. The summed E-state index contributed by atoms with van der Waals surface area (Å²) in [5, 5.41) is 11.4. The van der Waals surface area contributed by atoms with Crippen molar-refractivity contribution >= 4 is 48.3 Å². The van der Waals surface area contributed by atoms with Gasteiger partial charge in [-0.3, -0.25) is 27.1 Å². The van der Waals surface area contributed by atoms with Gasteiger partial charge in [0, 0.05) is 6.10 Å². The summed E-state index contributed by atoms with van der Waals surface area (Å²) in [6.45, 7) is 11.9. The number of halogens is 1. The molecule has 0 unspecified atom stereocenters. The zero-order valence-corrected chi connectivity index (χ0v) is 71.0. The molecule has 0 aromatic heterocycles. The predicted octanol–water partition coefficient (Wildman–Crippen LogP) is 24.3. The minimum absolute atomic E-state index is 0. The molecule has 8 aromatic rings.